The summed E-state index contributed by atoms with van der Waals surface area (Å²) in [5, 5.41) is 3.85. The normalized spacial score (nSPS) is 31.8. The maximum atomic E-state index is 13.6. The summed E-state index contributed by atoms with van der Waals surface area (Å²) < 4.78 is 8.34. The van der Waals surface area contributed by atoms with Crippen molar-refractivity contribution >= 4 is 28.4 Å². The Labute approximate surface area is 188 Å². The largest absolute Gasteiger partial charge is 0.336 e. The van der Waals surface area contributed by atoms with Gasteiger partial charge in [0.25, 0.3) is 5.56 Å². The van der Waals surface area contributed by atoms with E-state index in [4.69, 9.17) is 9.72 Å². The topological polar surface area (TPSA) is 96.8 Å². The van der Waals surface area contributed by atoms with Crippen molar-refractivity contribution in [2.24, 2.45) is 0 Å². The van der Waals surface area contributed by atoms with Crippen LogP contribution in [0.3, 0.4) is 0 Å². The van der Waals surface area contributed by atoms with Gasteiger partial charge in [-0.1, -0.05) is 30.3 Å². The van der Waals surface area contributed by atoms with Gasteiger partial charge in [0, 0.05) is 19.0 Å². The predicted octanol–water partition coefficient (Wildman–Crippen LogP) is 1.39. The molecule has 2 amide bonds. The van der Waals surface area contributed by atoms with Crippen LogP contribution in [0.4, 0.5) is 5.69 Å². The van der Waals surface area contributed by atoms with Crippen LogP contribution in [0.2, 0.25) is 0 Å². The highest BCUT2D eigenvalue weighted by molar-refractivity contribution is 6.02. The number of hydrogen-bond donors (Lipinski definition) is 1. The lowest BCUT2D eigenvalue weighted by Gasteiger charge is -2.37. The number of ether oxygens (including phenoxy) is 1. The first-order valence-electron chi connectivity index (χ1n) is 11.1. The molecule has 5 aliphatic heterocycles. The van der Waals surface area contributed by atoms with Crippen molar-refractivity contribution in [1.29, 1.82) is 0 Å². The van der Waals surface area contributed by atoms with Gasteiger partial charge in [-0.3, -0.25) is 29.2 Å². The van der Waals surface area contributed by atoms with Crippen molar-refractivity contribution in [2.75, 3.05) is 11.9 Å². The SMILES string of the molecule is C[C@@H]1N[C@H]2N(C1=O)c1ccccc1[C@]21C[C@H]2C(=O)N(C)[C@@H](O1)c1nc3ccccc3c(=O)n12. The first kappa shape index (κ1) is 19.0. The standard InChI is InChI=1S/C24H21N5O4/c1-12-19(30)29-16-10-6-4-8-14(16)24(23(29)25-12)11-17-21(32)27(2)22(33-24)18-26-15-9-5-3-7-13(15)20(31)28(17)18/h3-10,12,17,22-23,25H,11H2,1-2H3/t12-,17-,22-,23-,24+/m0/s1. The van der Waals surface area contributed by atoms with E-state index >= 15 is 0 Å². The van der Waals surface area contributed by atoms with Crippen LogP contribution < -0.4 is 15.8 Å². The lowest BCUT2D eigenvalue weighted by atomic mass is 9.86. The van der Waals surface area contributed by atoms with Gasteiger partial charge in [0.2, 0.25) is 11.8 Å². The number of benzene rings is 2. The molecular formula is C24H21N5O4. The molecule has 2 saturated heterocycles. The van der Waals surface area contributed by atoms with E-state index < -0.39 is 24.0 Å². The number of nitrogens with one attached hydrogen (secondary N) is 1. The molecule has 0 saturated carbocycles. The average molecular weight is 443 g/mol. The number of nitrogens with zero attached hydrogens (tertiary/aromatic N) is 4. The Morgan fingerprint density at radius 1 is 1.06 bits per heavy atom. The Balaban J connectivity index is 1.51. The van der Waals surface area contributed by atoms with Crippen molar-refractivity contribution in [2.45, 2.75) is 43.4 Å². The van der Waals surface area contributed by atoms with E-state index in [1.165, 1.54) is 9.47 Å². The molecular weight excluding hydrogens is 422 g/mol. The van der Waals surface area contributed by atoms with E-state index in [9.17, 15) is 14.4 Å². The van der Waals surface area contributed by atoms with E-state index in [-0.39, 0.29) is 29.8 Å². The Morgan fingerprint density at radius 2 is 1.82 bits per heavy atom. The molecule has 2 fully saturated rings. The molecule has 2 bridgehead atoms. The Hall–Kier alpha value is -3.56. The highest BCUT2D eigenvalue weighted by Crippen LogP contribution is 2.56. The summed E-state index contributed by atoms with van der Waals surface area (Å²) in [7, 11) is 1.68. The van der Waals surface area contributed by atoms with E-state index in [0.717, 1.165) is 11.3 Å². The van der Waals surface area contributed by atoms with Crippen LogP contribution in [0.5, 0.6) is 0 Å². The molecule has 9 heteroatoms. The highest BCUT2D eigenvalue weighted by Gasteiger charge is 2.64. The number of amides is 2. The minimum Gasteiger partial charge on any atom is -0.336 e. The average Bonchev–Trinajstić information content (AvgIpc) is 3.14. The minimum absolute atomic E-state index is 0.0391. The Kier molecular flexibility index (Phi) is 3.48. The van der Waals surface area contributed by atoms with Crippen LogP contribution in [0.25, 0.3) is 10.9 Å². The second-order valence-corrected chi connectivity index (χ2v) is 9.21. The Bertz CT molecular complexity index is 1450. The molecule has 0 unspecified atom stereocenters. The maximum absolute atomic E-state index is 13.6. The molecule has 0 aliphatic carbocycles. The molecule has 3 aromatic rings. The lowest BCUT2D eigenvalue weighted by molar-refractivity contribution is -0.169. The number of carbonyl (C=O) groups excluding carboxylic acids is 2. The fourth-order valence-corrected chi connectivity index (χ4v) is 5.98. The molecule has 1 aromatic heterocycles. The van der Waals surface area contributed by atoms with E-state index in [1.807, 2.05) is 37.3 Å². The van der Waals surface area contributed by atoms with Crippen molar-refractivity contribution in [3.05, 3.63) is 70.3 Å². The molecule has 1 N–H and O–H groups in total. The molecule has 8 rings (SSSR count). The zero-order valence-electron chi connectivity index (χ0n) is 18.1. The van der Waals surface area contributed by atoms with Crippen LogP contribution in [0.1, 0.15) is 37.0 Å². The summed E-state index contributed by atoms with van der Waals surface area (Å²) in [6.45, 7) is 1.83. The number of likely N-dealkylation sites (N-methyl/N-ethyl adjacent to an activating group) is 1. The Morgan fingerprint density at radius 3 is 2.67 bits per heavy atom. The third-order valence-electron chi connectivity index (χ3n) is 7.51. The number of para-hydroxylation sites is 2. The van der Waals surface area contributed by atoms with Gasteiger partial charge in [-0.25, -0.2) is 4.98 Å². The minimum atomic E-state index is -1.01. The third kappa shape index (κ3) is 2.14. The van der Waals surface area contributed by atoms with E-state index in [1.54, 1.807) is 30.1 Å². The molecule has 166 valence electrons. The number of hydrogen-bond acceptors (Lipinski definition) is 6. The second kappa shape index (κ2) is 6.06. The van der Waals surface area contributed by atoms with Crippen LogP contribution in [-0.2, 0) is 19.9 Å². The molecule has 0 radical (unpaired) electrons. The van der Waals surface area contributed by atoms with Gasteiger partial charge in [0.15, 0.2) is 12.1 Å². The fraction of sp³-hybridized carbons (Fsp3) is 0.333. The van der Waals surface area contributed by atoms with Crippen molar-refractivity contribution in [3.8, 4) is 0 Å². The third-order valence-corrected chi connectivity index (χ3v) is 7.51. The van der Waals surface area contributed by atoms with Gasteiger partial charge in [-0.2, -0.15) is 0 Å². The van der Waals surface area contributed by atoms with Crippen molar-refractivity contribution in [3.63, 3.8) is 0 Å². The summed E-state index contributed by atoms with van der Waals surface area (Å²) in [4.78, 5) is 48.2. The molecule has 6 heterocycles. The van der Waals surface area contributed by atoms with Crippen molar-refractivity contribution in [1.82, 2.24) is 19.8 Å². The smallest absolute Gasteiger partial charge is 0.262 e. The summed E-state index contributed by atoms with van der Waals surface area (Å²) >= 11 is 0. The first-order valence-corrected chi connectivity index (χ1v) is 11.1. The number of anilines is 1. The lowest BCUT2D eigenvalue weighted by Crippen LogP contribution is -2.51. The predicted molar refractivity (Wildman–Crippen MR) is 118 cm³/mol. The van der Waals surface area contributed by atoms with Crippen LogP contribution >= 0.6 is 0 Å². The molecule has 33 heavy (non-hydrogen) atoms. The fourth-order valence-electron chi connectivity index (χ4n) is 5.98. The zero-order valence-corrected chi connectivity index (χ0v) is 18.1. The molecule has 5 atom stereocenters. The monoisotopic (exact) mass is 443 g/mol. The van der Waals surface area contributed by atoms with Gasteiger partial charge in [-0.05, 0) is 25.1 Å². The van der Waals surface area contributed by atoms with Crippen LogP contribution in [0.15, 0.2) is 53.3 Å². The van der Waals surface area contributed by atoms with Crippen LogP contribution in [0, 0.1) is 0 Å². The summed E-state index contributed by atoms with van der Waals surface area (Å²) in [6.07, 6.45) is -1.14. The number of fused-ring (bicyclic) bond motifs is 5. The van der Waals surface area contributed by atoms with E-state index in [0.29, 0.717) is 16.7 Å². The summed E-state index contributed by atoms with van der Waals surface area (Å²) in [5.74, 6) is 0.176. The van der Waals surface area contributed by atoms with Gasteiger partial charge in [0.05, 0.1) is 22.6 Å². The van der Waals surface area contributed by atoms with Gasteiger partial charge >= 0.3 is 0 Å². The zero-order chi connectivity index (χ0) is 22.6. The maximum Gasteiger partial charge on any atom is 0.262 e. The quantitative estimate of drug-likeness (QED) is 0.564. The molecule has 1 spiro atoms. The number of rotatable bonds is 0. The molecule has 2 aromatic carbocycles. The van der Waals surface area contributed by atoms with Crippen molar-refractivity contribution < 1.29 is 14.3 Å². The number of carbonyl (C=O) groups is 2. The first-order chi connectivity index (χ1) is 15.9. The highest BCUT2D eigenvalue weighted by atomic mass is 16.5. The second-order valence-electron chi connectivity index (χ2n) is 9.21. The van der Waals surface area contributed by atoms with E-state index in [2.05, 4.69) is 5.32 Å². The van der Waals surface area contributed by atoms with Gasteiger partial charge in [-0.15, -0.1) is 0 Å². The summed E-state index contributed by atoms with van der Waals surface area (Å²) in [6, 6.07) is 13.6. The summed E-state index contributed by atoms with van der Waals surface area (Å²) in [5.41, 5.74) is 0.913. The van der Waals surface area contributed by atoms with Gasteiger partial charge in [0.1, 0.15) is 17.8 Å². The molecule has 5 aliphatic rings. The van der Waals surface area contributed by atoms with Crippen LogP contribution in [-0.4, -0.2) is 45.5 Å². The van der Waals surface area contributed by atoms with Gasteiger partial charge < -0.3 is 9.64 Å². The number of aromatic nitrogens is 2. The molecule has 9 nitrogen and oxygen atoms in total.